The summed E-state index contributed by atoms with van der Waals surface area (Å²) in [6.45, 7) is 0. The van der Waals surface area contributed by atoms with Gasteiger partial charge in [-0.2, -0.15) is 35.1 Å². The molecule has 0 radical (unpaired) electrons. The van der Waals surface area contributed by atoms with E-state index in [1.807, 2.05) is 0 Å². The minimum absolute atomic E-state index is 1.71. The zero-order valence-electron chi connectivity index (χ0n) is 15.5. The van der Waals surface area contributed by atoms with E-state index in [1.54, 1.807) is 0 Å². The van der Waals surface area contributed by atoms with Gasteiger partial charge in [0.1, 0.15) is 11.4 Å². The van der Waals surface area contributed by atoms with Crippen LogP contribution >= 0.6 is 0 Å². The molecule has 16 heteroatoms. The van der Waals surface area contributed by atoms with E-state index in [9.17, 15) is 52.7 Å². The topological polar surface area (TPSA) is 70.5 Å². The molecule has 0 atom stereocenters. The number of nitrogens with two attached hydrogens (primary N) is 2. The number of nitrogen functional groups attached to an aromatic ring is 2. The molecule has 3 aromatic carbocycles. The number of anilines is 2. The van der Waals surface area contributed by atoms with Crippen LogP contribution in [0.25, 0.3) is 0 Å². The predicted octanol–water partition coefficient (Wildman–Crippen LogP) is 6.10. The minimum Gasteiger partial charge on any atom is -0.444 e. The maximum absolute atomic E-state index is 14.3. The van der Waals surface area contributed by atoms with Gasteiger partial charge in [-0.1, -0.05) is 0 Å². The Morgan fingerprint density at radius 3 is 0.618 bits per heavy atom. The second-order valence-electron chi connectivity index (χ2n) is 6.12. The molecule has 0 spiro atoms. The zero-order chi connectivity index (χ0) is 25.8. The Hall–Kier alpha value is -3.98. The number of rotatable bonds is 4. The average molecular weight is 508 g/mol. The third kappa shape index (κ3) is 3.54. The summed E-state index contributed by atoms with van der Waals surface area (Å²) in [6.07, 6.45) is 0. The van der Waals surface area contributed by atoms with Crippen LogP contribution in [0, 0.1) is 69.8 Å². The van der Waals surface area contributed by atoms with Gasteiger partial charge in [0.2, 0.25) is 69.5 Å². The molecule has 182 valence electrons. The first kappa shape index (κ1) is 24.7. The Labute approximate surface area is 178 Å². The number of hydrogen-bond donors (Lipinski definition) is 2. The molecule has 0 amide bonds. The van der Waals surface area contributed by atoms with Gasteiger partial charge in [-0.25, -0.2) is 17.6 Å². The van der Waals surface area contributed by atoms with Gasteiger partial charge >= 0.3 is 0 Å². The Balaban J connectivity index is 2.18. The molecule has 4 N–H and O–H groups in total. The standard InChI is InChI=1S/C18H4F12N2O2/c19-1-5(23)15(6(24)2(20)13(1)31)33-17-9(27)11(29)18(12(30)10(17)28)34-16-7(25)3(21)14(32)4(22)8(16)26/h31-32H2. The third-order valence-electron chi connectivity index (χ3n) is 4.11. The van der Waals surface area contributed by atoms with E-state index in [2.05, 4.69) is 9.47 Å². The van der Waals surface area contributed by atoms with Crippen LogP contribution in [-0.4, -0.2) is 0 Å². The van der Waals surface area contributed by atoms with Crippen LogP contribution in [-0.2, 0) is 0 Å². The summed E-state index contributed by atoms with van der Waals surface area (Å²) >= 11 is 0. The first-order valence-electron chi connectivity index (χ1n) is 8.16. The summed E-state index contributed by atoms with van der Waals surface area (Å²) < 4.78 is 174. The summed E-state index contributed by atoms with van der Waals surface area (Å²) in [4.78, 5) is 0. The van der Waals surface area contributed by atoms with Gasteiger partial charge in [0.25, 0.3) is 0 Å². The minimum atomic E-state index is -2.72. The lowest BCUT2D eigenvalue weighted by molar-refractivity contribution is 0.298. The quantitative estimate of drug-likeness (QED) is 0.254. The smallest absolute Gasteiger partial charge is 0.208 e. The predicted molar refractivity (Wildman–Crippen MR) is 87.8 cm³/mol. The Morgan fingerprint density at radius 2 is 0.441 bits per heavy atom. The van der Waals surface area contributed by atoms with E-state index in [0.29, 0.717) is 0 Å². The summed E-state index contributed by atoms with van der Waals surface area (Å²) in [5.41, 5.74) is 6.00. The lowest BCUT2D eigenvalue weighted by atomic mass is 10.2. The molecule has 0 aromatic heterocycles. The number of ether oxygens (including phenoxy) is 2. The van der Waals surface area contributed by atoms with E-state index in [4.69, 9.17) is 11.5 Å². The highest BCUT2D eigenvalue weighted by molar-refractivity contribution is 5.51. The summed E-state index contributed by atoms with van der Waals surface area (Å²) in [5.74, 6) is -39.1. The van der Waals surface area contributed by atoms with Crippen molar-refractivity contribution in [2.24, 2.45) is 0 Å². The average Bonchev–Trinajstić information content (AvgIpc) is 2.81. The Kier molecular flexibility index (Phi) is 6.11. The van der Waals surface area contributed by atoms with E-state index in [0.717, 1.165) is 0 Å². The van der Waals surface area contributed by atoms with Crippen molar-refractivity contribution in [3.8, 4) is 23.0 Å². The molecule has 4 nitrogen and oxygen atoms in total. The molecule has 3 rings (SSSR count). The van der Waals surface area contributed by atoms with Crippen molar-refractivity contribution in [1.29, 1.82) is 0 Å². The maximum Gasteiger partial charge on any atom is 0.208 e. The highest BCUT2D eigenvalue weighted by atomic mass is 19.2. The van der Waals surface area contributed by atoms with Crippen LogP contribution in [0.1, 0.15) is 0 Å². The largest absolute Gasteiger partial charge is 0.444 e. The van der Waals surface area contributed by atoms with Crippen LogP contribution in [0.15, 0.2) is 0 Å². The SMILES string of the molecule is Nc1c(F)c(F)c(Oc2c(F)c(F)c(Oc3c(F)c(F)c(N)c(F)c3F)c(F)c2F)c(F)c1F. The van der Waals surface area contributed by atoms with Crippen molar-refractivity contribution in [3.63, 3.8) is 0 Å². The van der Waals surface area contributed by atoms with E-state index in [1.165, 1.54) is 0 Å². The molecule has 0 aliphatic carbocycles. The van der Waals surface area contributed by atoms with Gasteiger partial charge in [0.05, 0.1) is 0 Å². The lowest BCUT2D eigenvalue weighted by Crippen LogP contribution is -2.10. The van der Waals surface area contributed by atoms with Crippen LogP contribution in [0.4, 0.5) is 64.1 Å². The molecule has 0 saturated heterocycles. The molecule has 0 fully saturated rings. The van der Waals surface area contributed by atoms with E-state index >= 15 is 0 Å². The highest BCUT2D eigenvalue weighted by Crippen LogP contribution is 2.43. The normalized spacial score (nSPS) is 11.2. The van der Waals surface area contributed by atoms with Gasteiger partial charge in [0, 0.05) is 0 Å². The molecule has 34 heavy (non-hydrogen) atoms. The van der Waals surface area contributed by atoms with Gasteiger partial charge in [0.15, 0.2) is 23.3 Å². The van der Waals surface area contributed by atoms with Gasteiger partial charge in [-0.05, 0) is 0 Å². The van der Waals surface area contributed by atoms with Crippen molar-refractivity contribution in [2.75, 3.05) is 11.5 Å². The maximum atomic E-state index is 14.3. The second-order valence-corrected chi connectivity index (χ2v) is 6.12. The first-order valence-corrected chi connectivity index (χ1v) is 8.16. The number of benzene rings is 3. The van der Waals surface area contributed by atoms with E-state index < -0.39 is 104 Å². The monoisotopic (exact) mass is 508 g/mol. The van der Waals surface area contributed by atoms with Crippen molar-refractivity contribution in [3.05, 3.63) is 69.8 Å². The van der Waals surface area contributed by atoms with Crippen LogP contribution in [0.5, 0.6) is 23.0 Å². The molecule has 0 aliphatic rings. The zero-order valence-corrected chi connectivity index (χ0v) is 15.5. The summed E-state index contributed by atoms with van der Waals surface area (Å²) in [6, 6.07) is 0. The molecule has 3 aromatic rings. The molecule has 0 bridgehead atoms. The van der Waals surface area contributed by atoms with Crippen LogP contribution in [0.2, 0.25) is 0 Å². The fourth-order valence-corrected chi connectivity index (χ4v) is 2.41. The molecule has 0 saturated carbocycles. The fraction of sp³-hybridized carbons (Fsp3) is 0. The Bertz CT molecular complexity index is 1170. The number of hydrogen-bond acceptors (Lipinski definition) is 4. The van der Waals surface area contributed by atoms with Crippen molar-refractivity contribution < 1.29 is 62.2 Å². The lowest BCUT2D eigenvalue weighted by Gasteiger charge is -2.16. The summed E-state index contributed by atoms with van der Waals surface area (Å²) in [5, 5.41) is 0. The van der Waals surface area contributed by atoms with Crippen molar-refractivity contribution >= 4 is 11.4 Å². The van der Waals surface area contributed by atoms with Crippen LogP contribution in [0.3, 0.4) is 0 Å². The Morgan fingerprint density at radius 1 is 0.294 bits per heavy atom. The number of halogens is 12. The van der Waals surface area contributed by atoms with Gasteiger partial charge < -0.3 is 20.9 Å². The molecule has 0 heterocycles. The van der Waals surface area contributed by atoms with Crippen LogP contribution < -0.4 is 20.9 Å². The fourth-order valence-electron chi connectivity index (χ4n) is 2.41. The van der Waals surface area contributed by atoms with Crippen molar-refractivity contribution in [1.82, 2.24) is 0 Å². The second kappa shape index (κ2) is 8.42. The molecular formula is C18H4F12N2O2. The summed E-state index contributed by atoms with van der Waals surface area (Å²) in [7, 11) is 0. The first-order chi connectivity index (χ1) is 15.7. The third-order valence-corrected chi connectivity index (χ3v) is 4.11. The van der Waals surface area contributed by atoms with Gasteiger partial charge in [-0.15, -0.1) is 0 Å². The molecule has 0 aliphatic heterocycles. The molecular weight excluding hydrogens is 504 g/mol. The molecule has 0 unspecified atom stereocenters. The van der Waals surface area contributed by atoms with E-state index in [-0.39, 0.29) is 0 Å². The highest BCUT2D eigenvalue weighted by Gasteiger charge is 2.34. The van der Waals surface area contributed by atoms with Crippen molar-refractivity contribution in [2.45, 2.75) is 0 Å². The van der Waals surface area contributed by atoms with Gasteiger partial charge in [-0.3, -0.25) is 0 Å².